The summed E-state index contributed by atoms with van der Waals surface area (Å²) >= 11 is 0. The van der Waals surface area contributed by atoms with E-state index in [2.05, 4.69) is 5.32 Å². The fraction of sp³-hybridized carbons (Fsp3) is 0.435. The molecule has 1 saturated heterocycles. The molecule has 3 rings (SSSR count). The molecule has 1 aliphatic heterocycles. The summed E-state index contributed by atoms with van der Waals surface area (Å²) in [5, 5.41) is 4.96. The number of amides is 3. The Hall–Kier alpha value is -2.89. The SMILES string of the molecule is CC(C)(C)C(=O)N1CCC[C@H]1C(=O)N[C@H](Cc1ccc2ccccc2c1)C(N)=O. The fourth-order valence-electron chi connectivity index (χ4n) is 3.81. The van der Waals surface area contributed by atoms with E-state index in [-0.39, 0.29) is 11.8 Å². The van der Waals surface area contributed by atoms with E-state index in [0.717, 1.165) is 22.8 Å². The minimum atomic E-state index is -0.823. The van der Waals surface area contributed by atoms with Gasteiger partial charge in [-0.25, -0.2) is 0 Å². The van der Waals surface area contributed by atoms with Crippen LogP contribution < -0.4 is 11.1 Å². The van der Waals surface area contributed by atoms with E-state index in [1.807, 2.05) is 63.2 Å². The topological polar surface area (TPSA) is 92.5 Å². The van der Waals surface area contributed by atoms with Crippen molar-refractivity contribution in [2.45, 2.75) is 52.1 Å². The lowest BCUT2D eigenvalue weighted by atomic mass is 9.94. The van der Waals surface area contributed by atoms with E-state index in [1.165, 1.54) is 0 Å². The third-order valence-electron chi connectivity index (χ3n) is 5.37. The van der Waals surface area contributed by atoms with E-state index < -0.39 is 23.4 Å². The standard InChI is InChI=1S/C23H29N3O3/c1-23(2,3)22(29)26-12-6-9-19(26)21(28)25-18(20(24)27)14-15-10-11-16-7-4-5-8-17(16)13-15/h4-5,7-8,10-11,13,18-19H,6,9,12,14H2,1-3H3,(H2,24,27)(H,25,28)/t18-,19+/m1/s1. The van der Waals surface area contributed by atoms with Crippen molar-refractivity contribution < 1.29 is 14.4 Å². The molecule has 0 radical (unpaired) electrons. The Morgan fingerprint density at radius 2 is 1.83 bits per heavy atom. The molecule has 3 amide bonds. The van der Waals surface area contributed by atoms with Crippen molar-refractivity contribution in [1.82, 2.24) is 10.2 Å². The number of nitrogens with one attached hydrogen (secondary N) is 1. The lowest BCUT2D eigenvalue weighted by Crippen LogP contribution is -2.54. The van der Waals surface area contributed by atoms with Gasteiger partial charge in [0.25, 0.3) is 0 Å². The molecule has 6 nitrogen and oxygen atoms in total. The minimum absolute atomic E-state index is 0.0553. The Morgan fingerprint density at radius 1 is 1.14 bits per heavy atom. The number of primary amides is 1. The summed E-state index contributed by atoms with van der Waals surface area (Å²) in [5.41, 5.74) is 5.93. The Balaban J connectivity index is 1.73. The number of fused-ring (bicyclic) bond motifs is 1. The number of likely N-dealkylation sites (tertiary alicyclic amines) is 1. The summed E-state index contributed by atoms with van der Waals surface area (Å²) in [6.45, 7) is 6.08. The second kappa shape index (κ2) is 8.23. The Labute approximate surface area is 171 Å². The molecular formula is C23H29N3O3. The average molecular weight is 396 g/mol. The normalized spacial score (nSPS) is 17.9. The maximum absolute atomic E-state index is 12.9. The van der Waals surface area contributed by atoms with Gasteiger partial charge in [0.05, 0.1) is 0 Å². The molecule has 0 saturated carbocycles. The van der Waals surface area contributed by atoms with Crippen molar-refractivity contribution in [1.29, 1.82) is 0 Å². The summed E-state index contributed by atoms with van der Waals surface area (Å²) in [4.78, 5) is 39.2. The van der Waals surface area contributed by atoms with E-state index in [1.54, 1.807) is 4.90 Å². The van der Waals surface area contributed by atoms with Crippen LogP contribution in [0.1, 0.15) is 39.2 Å². The molecule has 29 heavy (non-hydrogen) atoms. The molecule has 2 atom stereocenters. The molecule has 1 aliphatic rings. The smallest absolute Gasteiger partial charge is 0.243 e. The molecule has 0 bridgehead atoms. The summed E-state index contributed by atoms with van der Waals surface area (Å²) in [6.07, 6.45) is 1.67. The summed E-state index contributed by atoms with van der Waals surface area (Å²) < 4.78 is 0. The first-order valence-electron chi connectivity index (χ1n) is 10.1. The maximum Gasteiger partial charge on any atom is 0.243 e. The molecule has 3 N–H and O–H groups in total. The van der Waals surface area contributed by atoms with Crippen LogP contribution in [-0.4, -0.2) is 41.2 Å². The van der Waals surface area contributed by atoms with Gasteiger partial charge in [0.2, 0.25) is 17.7 Å². The van der Waals surface area contributed by atoms with Gasteiger partial charge in [0.1, 0.15) is 12.1 Å². The summed E-state index contributed by atoms with van der Waals surface area (Å²) in [5.74, 6) is -0.955. The molecule has 1 fully saturated rings. The molecule has 2 aromatic carbocycles. The Morgan fingerprint density at radius 3 is 2.48 bits per heavy atom. The van der Waals surface area contributed by atoms with Crippen molar-refractivity contribution in [2.24, 2.45) is 11.1 Å². The van der Waals surface area contributed by atoms with Crippen molar-refractivity contribution in [3.05, 3.63) is 48.0 Å². The zero-order valence-electron chi connectivity index (χ0n) is 17.3. The molecule has 1 heterocycles. The maximum atomic E-state index is 12.9. The molecule has 0 aromatic heterocycles. The van der Waals surface area contributed by atoms with Gasteiger partial charge in [-0.2, -0.15) is 0 Å². The molecule has 0 unspecified atom stereocenters. The van der Waals surface area contributed by atoms with Crippen LogP contribution in [0.15, 0.2) is 42.5 Å². The summed E-state index contributed by atoms with van der Waals surface area (Å²) in [7, 11) is 0. The van der Waals surface area contributed by atoms with Crippen LogP contribution in [0.3, 0.4) is 0 Å². The molecule has 0 aliphatic carbocycles. The average Bonchev–Trinajstić information content (AvgIpc) is 3.15. The van der Waals surface area contributed by atoms with Gasteiger partial charge in [-0.1, -0.05) is 63.2 Å². The number of carbonyl (C=O) groups excluding carboxylic acids is 3. The highest BCUT2D eigenvalue weighted by Crippen LogP contribution is 2.25. The van der Waals surface area contributed by atoms with E-state index in [9.17, 15) is 14.4 Å². The van der Waals surface area contributed by atoms with Gasteiger partial charge in [-0.3, -0.25) is 14.4 Å². The van der Waals surface area contributed by atoms with Gasteiger partial charge in [-0.05, 0) is 29.2 Å². The van der Waals surface area contributed by atoms with Crippen molar-refractivity contribution >= 4 is 28.5 Å². The van der Waals surface area contributed by atoms with Crippen LogP contribution >= 0.6 is 0 Å². The lowest BCUT2D eigenvalue weighted by Gasteiger charge is -2.31. The van der Waals surface area contributed by atoms with Gasteiger partial charge in [-0.15, -0.1) is 0 Å². The monoisotopic (exact) mass is 395 g/mol. The first kappa shape index (κ1) is 20.8. The fourth-order valence-corrected chi connectivity index (χ4v) is 3.81. The number of carbonyl (C=O) groups is 3. The first-order chi connectivity index (χ1) is 13.7. The highest BCUT2D eigenvalue weighted by molar-refractivity contribution is 5.93. The van der Waals surface area contributed by atoms with Gasteiger partial charge >= 0.3 is 0 Å². The highest BCUT2D eigenvalue weighted by atomic mass is 16.2. The largest absolute Gasteiger partial charge is 0.368 e. The minimum Gasteiger partial charge on any atom is -0.368 e. The van der Waals surface area contributed by atoms with Crippen LogP contribution in [0.2, 0.25) is 0 Å². The predicted octanol–water partition coefficient (Wildman–Crippen LogP) is 2.39. The molecule has 0 spiro atoms. The van der Waals surface area contributed by atoms with E-state index >= 15 is 0 Å². The zero-order chi connectivity index (χ0) is 21.2. The first-order valence-corrected chi connectivity index (χ1v) is 10.1. The van der Waals surface area contributed by atoms with Crippen molar-refractivity contribution in [3.8, 4) is 0 Å². The van der Waals surface area contributed by atoms with Crippen LogP contribution in [-0.2, 0) is 20.8 Å². The Bertz CT molecular complexity index is 932. The van der Waals surface area contributed by atoms with E-state index in [0.29, 0.717) is 19.4 Å². The van der Waals surface area contributed by atoms with Gasteiger partial charge in [0, 0.05) is 18.4 Å². The molecule has 154 valence electrons. The number of nitrogens with two attached hydrogens (primary N) is 1. The molecule has 2 aromatic rings. The van der Waals surface area contributed by atoms with Gasteiger partial charge < -0.3 is 16.0 Å². The number of hydrogen-bond acceptors (Lipinski definition) is 3. The second-order valence-corrected chi connectivity index (χ2v) is 8.76. The molecular weight excluding hydrogens is 366 g/mol. The zero-order valence-corrected chi connectivity index (χ0v) is 17.3. The number of nitrogens with zero attached hydrogens (tertiary/aromatic N) is 1. The van der Waals surface area contributed by atoms with Crippen LogP contribution in [0.4, 0.5) is 0 Å². The van der Waals surface area contributed by atoms with Crippen LogP contribution in [0.5, 0.6) is 0 Å². The lowest BCUT2D eigenvalue weighted by molar-refractivity contribution is -0.145. The van der Waals surface area contributed by atoms with E-state index in [4.69, 9.17) is 5.73 Å². The van der Waals surface area contributed by atoms with Gasteiger partial charge in [0.15, 0.2) is 0 Å². The number of hydrogen-bond donors (Lipinski definition) is 2. The third-order valence-corrected chi connectivity index (χ3v) is 5.37. The molecule has 6 heteroatoms. The quantitative estimate of drug-likeness (QED) is 0.814. The third kappa shape index (κ3) is 4.75. The highest BCUT2D eigenvalue weighted by Gasteiger charge is 2.39. The number of benzene rings is 2. The van der Waals surface area contributed by atoms with Crippen LogP contribution in [0.25, 0.3) is 10.8 Å². The van der Waals surface area contributed by atoms with Crippen molar-refractivity contribution in [3.63, 3.8) is 0 Å². The number of rotatable bonds is 5. The van der Waals surface area contributed by atoms with Crippen LogP contribution in [0, 0.1) is 5.41 Å². The van der Waals surface area contributed by atoms with Crippen molar-refractivity contribution in [2.75, 3.05) is 6.54 Å². The predicted molar refractivity (Wildman–Crippen MR) is 113 cm³/mol. The second-order valence-electron chi connectivity index (χ2n) is 8.76. The Kier molecular flexibility index (Phi) is 5.91. The summed E-state index contributed by atoms with van der Waals surface area (Å²) in [6, 6.07) is 12.5.